The number of hydrogen-bond acceptors (Lipinski definition) is 2. The highest BCUT2D eigenvalue weighted by atomic mass is 35.5. The fourth-order valence-corrected chi connectivity index (χ4v) is 3.28. The summed E-state index contributed by atoms with van der Waals surface area (Å²) < 4.78 is 0. The van der Waals surface area contributed by atoms with Crippen molar-refractivity contribution >= 4 is 23.0 Å². The Bertz CT molecular complexity index is 396. The second-order valence-electron chi connectivity index (χ2n) is 5.77. The quantitative estimate of drug-likeness (QED) is 0.798. The Morgan fingerprint density at radius 2 is 1.84 bits per heavy atom. The zero-order valence-corrected chi connectivity index (χ0v) is 12.8. The second-order valence-corrected chi connectivity index (χ2v) is 6.18. The molecular formula is C16H25ClN2. The standard InChI is InChI=1S/C16H25ClN2/c1-19(2)16-14(17)10-7-11-15(16)18-12-13-8-5-3-4-6-9-13/h7,10-11,13,18H,3-6,8-9,12H2,1-2H3. The predicted octanol–water partition coefficient (Wildman–Crippen LogP) is 4.79. The molecule has 1 N–H and O–H groups in total. The fraction of sp³-hybridized carbons (Fsp3) is 0.625. The van der Waals surface area contributed by atoms with Crippen LogP contribution in [0, 0.1) is 5.92 Å². The number of rotatable bonds is 4. The largest absolute Gasteiger partial charge is 0.383 e. The summed E-state index contributed by atoms with van der Waals surface area (Å²) in [4.78, 5) is 2.08. The van der Waals surface area contributed by atoms with Crippen LogP contribution in [0.2, 0.25) is 5.02 Å². The van der Waals surface area contributed by atoms with Gasteiger partial charge in [-0.1, -0.05) is 43.4 Å². The molecule has 0 saturated heterocycles. The molecule has 0 amide bonds. The van der Waals surface area contributed by atoms with Crippen molar-refractivity contribution in [2.75, 3.05) is 30.9 Å². The lowest BCUT2D eigenvalue weighted by Gasteiger charge is -2.22. The van der Waals surface area contributed by atoms with Gasteiger partial charge >= 0.3 is 0 Å². The first-order valence-corrected chi connectivity index (χ1v) is 7.76. The molecular weight excluding hydrogens is 256 g/mol. The summed E-state index contributed by atoms with van der Waals surface area (Å²) in [5.41, 5.74) is 2.25. The third-order valence-corrected chi connectivity index (χ3v) is 4.29. The highest BCUT2D eigenvalue weighted by molar-refractivity contribution is 6.34. The molecule has 0 aromatic heterocycles. The van der Waals surface area contributed by atoms with Gasteiger partial charge in [0.1, 0.15) is 0 Å². The smallest absolute Gasteiger partial charge is 0.0786 e. The lowest BCUT2D eigenvalue weighted by molar-refractivity contribution is 0.483. The maximum absolute atomic E-state index is 6.29. The summed E-state index contributed by atoms with van der Waals surface area (Å²) in [6, 6.07) is 6.09. The van der Waals surface area contributed by atoms with Gasteiger partial charge in [0.05, 0.1) is 16.4 Å². The molecule has 1 aliphatic carbocycles. The van der Waals surface area contributed by atoms with Crippen molar-refractivity contribution in [3.05, 3.63) is 23.2 Å². The predicted molar refractivity (Wildman–Crippen MR) is 85.5 cm³/mol. The lowest BCUT2D eigenvalue weighted by Crippen LogP contribution is -2.17. The minimum atomic E-state index is 0.816. The average Bonchev–Trinajstić information content (AvgIpc) is 2.64. The van der Waals surface area contributed by atoms with Gasteiger partial charge < -0.3 is 10.2 Å². The minimum absolute atomic E-state index is 0.816. The molecule has 1 fully saturated rings. The first kappa shape index (κ1) is 14.5. The van der Waals surface area contributed by atoms with Crippen molar-refractivity contribution in [2.24, 2.45) is 5.92 Å². The van der Waals surface area contributed by atoms with Crippen LogP contribution in [0.25, 0.3) is 0 Å². The third-order valence-electron chi connectivity index (χ3n) is 3.99. The average molecular weight is 281 g/mol. The van der Waals surface area contributed by atoms with Gasteiger partial charge in [-0.05, 0) is 30.9 Å². The maximum Gasteiger partial charge on any atom is 0.0786 e. The summed E-state index contributed by atoms with van der Waals surface area (Å²) in [6.45, 7) is 1.07. The van der Waals surface area contributed by atoms with Crippen molar-refractivity contribution in [1.29, 1.82) is 0 Å². The Kier molecular flexibility index (Phi) is 5.38. The topological polar surface area (TPSA) is 15.3 Å². The van der Waals surface area contributed by atoms with E-state index in [1.165, 1.54) is 38.5 Å². The lowest BCUT2D eigenvalue weighted by atomic mass is 10.0. The highest BCUT2D eigenvalue weighted by Crippen LogP contribution is 2.33. The summed E-state index contributed by atoms with van der Waals surface area (Å²) in [5, 5.41) is 4.42. The molecule has 0 bridgehead atoms. The molecule has 0 unspecified atom stereocenters. The Labute approximate surface area is 122 Å². The summed E-state index contributed by atoms with van der Waals surface area (Å²) in [7, 11) is 4.08. The van der Waals surface area contributed by atoms with Crippen molar-refractivity contribution in [2.45, 2.75) is 38.5 Å². The monoisotopic (exact) mass is 280 g/mol. The van der Waals surface area contributed by atoms with Crippen LogP contribution >= 0.6 is 11.6 Å². The van der Waals surface area contributed by atoms with Gasteiger partial charge in [-0.15, -0.1) is 0 Å². The molecule has 1 aliphatic rings. The van der Waals surface area contributed by atoms with Gasteiger partial charge in [0.25, 0.3) is 0 Å². The van der Waals surface area contributed by atoms with Gasteiger partial charge in [0.15, 0.2) is 0 Å². The first-order valence-electron chi connectivity index (χ1n) is 7.38. The van der Waals surface area contributed by atoms with Gasteiger partial charge in [0.2, 0.25) is 0 Å². The van der Waals surface area contributed by atoms with Crippen LogP contribution in [0.5, 0.6) is 0 Å². The molecule has 0 spiro atoms. The highest BCUT2D eigenvalue weighted by Gasteiger charge is 2.14. The van der Waals surface area contributed by atoms with Crippen LogP contribution in [0.1, 0.15) is 38.5 Å². The van der Waals surface area contributed by atoms with Gasteiger partial charge in [0, 0.05) is 20.6 Å². The number of halogens is 1. The molecule has 19 heavy (non-hydrogen) atoms. The van der Waals surface area contributed by atoms with Crippen molar-refractivity contribution in [3.8, 4) is 0 Å². The molecule has 0 heterocycles. The SMILES string of the molecule is CN(C)c1c(Cl)cccc1NCC1CCCCCC1. The van der Waals surface area contributed by atoms with Crippen LogP contribution in [0.4, 0.5) is 11.4 Å². The second kappa shape index (κ2) is 7.04. The summed E-state index contributed by atoms with van der Waals surface area (Å²) in [5.74, 6) is 0.816. The maximum atomic E-state index is 6.29. The van der Waals surface area contributed by atoms with E-state index in [0.717, 1.165) is 28.9 Å². The molecule has 0 atom stereocenters. The van der Waals surface area contributed by atoms with E-state index >= 15 is 0 Å². The zero-order chi connectivity index (χ0) is 13.7. The zero-order valence-electron chi connectivity index (χ0n) is 12.1. The van der Waals surface area contributed by atoms with Crippen LogP contribution in [-0.2, 0) is 0 Å². The van der Waals surface area contributed by atoms with E-state index in [0.29, 0.717) is 0 Å². The van der Waals surface area contributed by atoms with E-state index in [2.05, 4.69) is 16.3 Å². The normalized spacial score (nSPS) is 17.0. The van der Waals surface area contributed by atoms with Crippen molar-refractivity contribution in [1.82, 2.24) is 0 Å². The number of para-hydroxylation sites is 1. The molecule has 1 saturated carbocycles. The van der Waals surface area contributed by atoms with Gasteiger partial charge in [-0.2, -0.15) is 0 Å². The van der Waals surface area contributed by atoms with Crippen LogP contribution in [-0.4, -0.2) is 20.6 Å². The van der Waals surface area contributed by atoms with E-state index in [1.54, 1.807) is 0 Å². The third kappa shape index (κ3) is 4.04. The number of hydrogen-bond donors (Lipinski definition) is 1. The molecule has 106 valence electrons. The minimum Gasteiger partial charge on any atom is -0.383 e. The van der Waals surface area contributed by atoms with E-state index in [-0.39, 0.29) is 0 Å². The molecule has 3 heteroatoms. The van der Waals surface area contributed by atoms with Crippen molar-refractivity contribution < 1.29 is 0 Å². The van der Waals surface area contributed by atoms with E-state index < -0.39 is 0 Å². The van der Waals surface area contributed by atoms with E-state index in [9.17, 15) is 0 Å². The Morgan fingerprint density at radius 3 is 2.47 bits per heavy atom. The first-order chi connectivity index (χ1) is 9.18. The van der Waals surface area contributed by atoms with Gasteiger partial charge in [-0.3, -0.25) is 0 Å². The Balaban J connectivity index is 2.00. The van der Waals surface area contributed by atoms with E-state index in [1.807, 2.05) is 26.2 Å². The molecule has 1 aromatic rings. The number of nitrogens with one attached hydrogen (secondary N) is 1. The number of nitrogens with zero attached hydrogens (tertiary/aromatic N) is 1. The Hall–Kier alpha value is -0.890. The molecule has 2 rings (SSSR count). The van der Waals surface area contributed by atoms with Gasteiger partial charge in [-0.25, -0.2) is 0 Å². The fourth-order valence-electron chi connectivity index (χ4n) is 2.93. The number of benzene rings is 1. The van der Waals surface area contributed by atoms with Crippen LogP contribution in [0.3, 0.4) is 0 Å². The van der Waals surface area contributed by atoms with Crippen LogP contribution < -0.4 is 10.2 Å². The molecule has 2 nitrogen and oxygen atoms in total. The molecule has 0 aliphatic heterocycles. The summed E-state index contributed by atoms with van der Waals surface area (Å²) >= 11 is 6.29. The number of anilines is 2. The molecule has 1 aromatic carbocycles. The van der Waals surface area contributed by atoms with Crippen LogP contribution in [0.15, 0.2) is 18.2 Å². The van der Waals surface area contributed by atoms with E-state index in [4.69, 9.17) is 11.6 Å². The van der Waals surface area contributed by atoms with Crippen molar-refractivity contribution in [3.63, 3.8) is 0 Å². The Morgan fingerprint density at radius 1 is 1.16 bits per heavy atom. The molecule has 0 radical (unpaired) electrons. The summed E-state index contributed by atoms with van der Waals surface area (Å²) in [6.07, 6.45) is 8.34.